The minimum absolute atomic E-state index is 0.0395. The lowest BCUT2D eigenvalue weighted by atomic mass is 10.1. The number of anilines is 1. The van der Waals surface area contributed by atoms with Crippen LogP contribution in [0.2, 0.25) is 0 Å². The van der Waals surface area contributed by atoms with Gasteiger partial charge in [-0.25, -0.2) is 9.78 Å². The summed E-state index contributed by atoms with van der Waals surface area (Å²) < 4.78 is 12.0. The Kier molecular flexibility index (Phi) is 6.52. The smallest absolute Gasteiger partial charge is 0.348 e. The van der Waals surface area contributed by atoms with Crippen molar-refractivity contribution in [1.29, 1.82) is 0 Å². The van der Waals surface area contributed by atoms with Gasteiger partial charge in [0.15, 0.2) is 12.4 Å². The Morgan fingerprint density at radius 3 is 2.74 bits per heavy atom. The molecule has 1 aliphatic heterocycles. The quantitative estimate of drug-likeness (QED) is 0.375. The highest BCUT2D eigenvalue weighted by molar-refractivity contribution is 7.20. The lowest BCUT2D eigenvalue weighted by molar-refractivity contribution is -0.121. The second kappa shape index (κ2) is 9.38. The fourth-order valence-corrected chi connectivity index (χ4v) is 4.78. The maximum atomic E-state index is 13.1. The number of carbonyl (C=O) groups excluding carboxylic acids is 3. The minimum Gasteiger partial charge on any atom is -0.482 e. The Hall–Kier alpha value is -3.53. The summed E-state index contributed by atoms with van der Waals surface area (Å²) in [5.74, 6) is -0.255. The second-order valence-electron chi connectivity index (χ2n) is 8.44. The van der Waals surface area contributed by atoms with Gasteiger partial charge in [-0.1, -0.05) is 13.8 Å². The van der Waals surface area contributed by atoms with Crippen molar-refractivity contribution in [3.8, 4) is 5.75 Å². The number of ketones is 1. The van der Waals surface area contributed by atoms with E-state index < -0.39 is 11.5 Å². The Morgan fingerprint density at radius 1 is 1.26 bits per heavy atom. The molecule has 0 saturated heterocycles. The maximum absolute atomic E-state index is 13.1. The average Bonchev–Trinajstić information content (AvgIpc) is 3.15. The van der Waals surface area contributed by atoms with E-state index in [-0.39, 0.29) is 37.4 Å². The first-order valence-corrected chi connectivity index (χ1v) is 11.8. The molecule has 34 heavy (non-hydrogen) atoms. The molecular weight excluding hydrogens is 458 g/mol. The number of thiophene rings is 1. The van der Waals surface area contributed by atoms with Gasteiger partial charge < -0.3 is 14.4 Å². The third-order valence-corrected chi connectivity index (χ3v) is 6.68. The molecule has 9 nitrogen and oxygen atoms in total. The summed E-state index contributed by atoms with van der Waals surface area (Å²) in [6, 6.07) is 4.87. The van der Waals surface area contributed by atoms with Crippen molar-refractivity contribution in [2.24, 2.45) is 5.92 Å². The summed E-state index contributed by atoms with van der Waals surface area (Å²) >= 11 is 1.10. The topological polar surface area (TPSA) is 108 Å². The Balaban J connectivity index is 1.62. The number of nitrogens with zero attached hydrogens (tertiary/aromatic N) is 3. The molecule has 0 bridgehead atoms. The van der Waals surface area contributed by atoms with Crippen LogP contribution < -0.4 is 15.2 Å². The predicted octanol–water partition coefficient (Wildman–Crippen LogP) is 3.21. The zero-order valence-electron chi connectivity index (χ0n) is 19.4. The van der Waals surface area contributed by atoms with Gasteiger partial charge in [0.25, 0.3) is 11.5 Å². The first-order chi connectivity index (χ1) is 16.2. The highest BCUT2D eigenvalue weighted by Gasteiger charge is 2.26. The molecule has 178 valence electrons. The highest BCUT2D eigenvalue weighted by Crippen LogP contribution is 2.33. The Bertz CT molecular complexity index is 1360. The lowest BCUT2D eigenvalue weighted by Crippen LogP contribution is -2.38. The van der Waals surface area contributed by atoms with Crippen molar-refractivity contribution in [1.82, 2.24) is 9.55 Å². The normalized spacial score (nSPS) is 13.2. The SMILES string of the molecule is CCN1C(=O)COc2ccc(C(=O)Cn3cnc4sc(C(=O)OCC(C)C)c(C)c4c3=O)cc21. The summed E-state index contributed by atoms with van der Waals surface area (Å²) in [6.07, 6.45) is 1.31. The first-order valence-electron chi connectivity index (χ1n) is 11.0. The second-order valence-corrected chi connectivity index (χ2v) is 9.44. The van der Waals surface area contributed by atoms with Crippen LogP contribution in [0.15, 0.2) is 29.3 Å². The van der Waals surface area contributed by atoms with Gasteiger partial charge in [0, 0.05) is 12.1 Å². The molecule has 0 fully saturated rings. The van der Waals surface area contributed by atoms with Gasteiger partial charge in [-0.3, -0.25) is 19.0 Å². The number of likely N-dealkylation sites (N-methyl/N-ethyl adjacent to an activating group) is 1. The molecule has 0 spiro atoms. The molecule has 0 radical (unpaired) electrons. The zero-order chi connectivity index (χ0) is 24.6. The van der Waals surface area contributed by atoms with Crippen molar-refractivity contribution < 1.29 is 23.9 Å². The van der Waals surface area contributed by atoms with E-state index in [9.17, 15) is 19.2 Å². The van der Waals surface area contributed by atoms with Crippen LogP contribution in [-0.2, 0) is 16.1 Å². The number of carbonyl (C=O) groups is 3. The standard InChI is InChI=1S/C24H25N3O6S/c1-5-27-16-8-15(6-7-18(16)32-11-19(27)29)17(28)9-26-12-25-22-20(23(26)30)14(4)21(34-22)24(31)33-10-13(2)3/h6-8,12-13H,5,9-11H2,1-4H3. The van der Waals surface area contributed by atoms with Gasteiger partial charge in [-0.2, -0.15) is 0 Å². The summed E-state index contributed by atoms with van der Waals surface area (Å²) in [7, 11) is 0. The first kappa shape index (κ1) is 23.6. The van der Waals surface area contributed by atoms with Crippen LogP contribution in [0, 0.1) is 12.8 Å². The summed E-state index contributed by atoms with van der Waals surface area (Å²) in [5, 5.41) is 0.304. The van der Waals surface area contributed by atoms with E-state index in [1.54, 1.807) is 30.0 Å². The van der Waals surface area contributed by atoms with Gasteiger partial charge in [0.2, 0.25) is 0 Å². The van der Waals surface area contributed by atoms with Crippen LogP contribution in [0.3, 0.4) is 0 Å². The molecule has 0 aliphatic carbocycles. The van der Waals surface area contributed by atoms with Gasteiger partial charge in [0.1, 0.15) is 15.5 Å². The van der Waals surface area contributed by atoms with E-state index in [1.165, 1.54) is 10.9 Å². The van der Waals surface area contributed by atoms with Crippen LogP contribution in [-0.4, -0.2) is 47.0 Å². The fraction of sp³-hybridized carbons (Fsp3) is 0.375. The van der Waals surface area contributed by atoms with Gasteiger partial charge in [-0.15, -0.1) is 11.3 Å². The zero-order valence-corrected chi connectivity index (χ0v) is 20.2. The van der Waals surface area contributed by atoms with E-state index in [4.69, 9.17) is 9.47 Å². The van der Waals surface area contributed by atoms with Crippen molar-refractivity contribution in [2.45, 2.75) is 34.2 Å². The van der Waals surface area contributed by atoms with Crippen LogP contribution in [0.5, 0.6) is 5.75 Å². The number of aromatic nitrogens is 2. The monoisotopic (exact) mass is 483 g/mol. The summed E-state index contributed by atoms with van der Waals surface area (Å²) in [4.78, 5) is 57.3. The third kappa shape index (κ3) is 4.33. The molecule has 3 heterocycles. The number of ether oxygens (including phenoxy) is 2. The highest BCUT2D eigenvalue weighted by atomic mass is 32.1. The molecule has 0 atom stereocenters. The molecule has 3 aromatic rings. The van der Waals surface area contributed by atoms with Crippen LogP contribution in [0.4, 0.5) is 5.69 Å². The molecular formula is C24H25N3O6S. The Morgan fingerprint density at radius 2 is 2.03 bits per heavy atom. The molecule has 1 amide bonds. The molecule has 0 saturated carbocycles. The minimum atomic E-state index is -0.484. The molecule has 1 aliphatic rings. The number of Topliss-reactive ketones (excluding diaryl/α,β-unsaturated/α-hetero) is 1. The number of hydrogen-bond acceptors (Lipinski definition) is 8. The van der Waals surface area contributed by atoms with Crippen LogP contribution >= 0.6 is 11.3 Å². The largest absolute Gasteiger partial charge is 0.482 e. The molecule has 2 aromatic heterocycles. The average molecular weight is 484 g/mol. The fourth-order valence-electron chi connectivity index (χ4n) is 3.74. The van der Waals surface area contributed by atoms with E-state index in [0.717, 1.165) is 11.3 Å². The van der Waals surface area contributed by atoms with Crippen molar-refractivity contribution in [3.05, 3.63) is 50.9 Å². The molecule has 0 N–H and O–H groups in total. The van der Waals surface area contributed by atoms with E-state index in [0.29, 0.717) is 44.2 Å². The summed E-state index contributed by atoms with van der Waals surface area (Å²) in [5.41, 5.74) is 0.976. The number of fused-ring (bicyclic) bond motifs is 2. The Labute approximate surface area is 199 Å². The number of esters is 1. The number of rotatable bonds is 7. The number of aryl methyl sites for hydroxylation is 1. The predicted molar refractivity (Wildman–Crippen MR) is 128 cm³/mol. The molecule has 4 rings (SSSR count). The van der Waals surface area contributed by atoms with Crippen molar-refractivity contribution in [3.63, 3.8) is 0 Å². The molecule has 10 heteroatoms. The van der Waals surface area contributed by atoms with Gasteiger partial charge in [-0.05, 0) is 43.5 Å². The van der Waals surface area contributed by atoms with Crippen LogP contribution in [0.25, 0.3) is 10.2 Å². The number of benzene rings is 1. The van der Waals surface area contributed by atoms with E-state index >= 15 is 0 Å². The maximum Gasteiger partial charge on any atom is 0.348 e. The van der Waals surface area contributed by atoms with Gasteiger partial charge in [0.05, 0.1) is 30.6 Å². The summed E-state index contributed by atoms with van der Waals surface area (Å²) in [6.45, 7) is 7.87. The van der Waals surface area contributed by atoms with Crippen LogP contribution in [0.1, 0.15) is 46.4 Å². The molecule has 0 unspecified atom stereocenters. The number of hydrogen-bond donors (Lipinski definition) is 0. The van der Waals surface area contributed by atoms with Crippen molar-refractivity contribution in [2.75, 3.05) is 24.7 Å². The number of amides is 1. The van der Waals surface area contributed by atoms with E-state index in [1.807, 2.05) is 20.8 Å². The van der Waals surface area contributed by atoms with Gasteiger partial charge >= 0.3 is 5.97 Å². The molecule has 1 aromatic carbocycles. The van der Waals surface area contributed by atoms with E-state index in [2.05, 4.69) is 4.98 Å². The third-order valence-electron chi connectivity index (χ3n) is 5.50. The lowest BCUT2D eigenvalue weighted by Gasteiger charge is -2.28. The van der Waals surface area contributed by atoms with Crippen molar-refractivity contribution >= 4 is 44.9 Å².